The van der Waals surface area contributed by atoms with Crippen molar-refractivity contribution in [2.75, 3.05) is 0 Å². The van der Waals surface area contributed by atoms with Crippen LogP contribution in [-0.4, -0.2) is 67.9 Å². The van der Waals surface area contributed by atoms with E-state index in [1.807, 2.05) is 30.3 Å². The van der Waals surface area contributed by atoms with Crippen molar-refractivity contribution in [1.29, 1.82) is 0 Å². The maximum Gasteiger partial charge on any atom is 0.348 e. The van der Waals surface area contributed by atoms with E-state index >= 15 is 0 Å². The third-order valence-corrected chi connectivity index (χ3v) is 10.5. The Morgan fingerprint density at radius 1 is 1.00 bits per heavy atom. The molecule has 7 rings (SSSR count). The number of carbonyl (C=O) groups is 6. The van der Waals surface area contributed by atoms with E-state index in [9.17, 15) is 28.8 Å². The molecule has 4 aliphatic carbocycles. The third-order valence-electron chi connectivity index (χ3n) is 10.5. The van der Waals surface area contributed by atoms with Gasteiger partial charge in [0.25, 0.3) is 17.7 Å². The fourth-order valence-electron chi connectivity index (χ4n) is 8.56. The number of rotatable bonds is 10. The summed E-state index contributed by atoms with van der Waals surface area (Å²) in [5, 5.41) is 14.3. The topological polar surface area (TPSA) is 183 Å². The van der Waals surface area contributed by atoms with Crippen LogP contribution in [0.4, 0.5) is 4.79 Å². The highest BCUT2D eigenvalue weighted by Gasteiger charge is 2.62. The number of nitrogens with zero attached hydrogens (tertiary/aromatic N) is 4. The number of urea groups is 1. The molecule has 2 aromatic rings. The van der Waals surface area contributed by atoms with Crippen LogP contribution in [0.5, 0.6) is 0 Å². The normalized spacial score (nSPS) is 28.2. The van der Waals surface area contributed by atoms with E-state index in [1.54, 1.807) is 31.2 Å². The van der Waals surface area contributed by atoms with Crippen molar-refractivity contribution in [2.45, 2.75) is 76.9 Å². The molecule has 48 heavy (non-hydrogen) atoms. The zero-order chi connectivity index (χ0) is 34.4. The van der Waals surface area contributed by atoms with Crippen LogP contribution in [0.25, 0.3) is 0 Å². The number of nitrogens with one attached hydrogen (secondary N) is 1. The van der Waals surface area contributed by atoms with Gasteiger partial charge in [-0.1, -0.05) is 54.6 Å². The van der Waals surface area contributed by atoms with Crippen molar-refractivity contribution in [3.8, 4) is 0 Å². The molecule has 1 heterocycles. The van der Waals surface area contributed by atoms with Gasteiger partial charge in [0.2, 0.25) is 5.91 Å². The van der Waals surface area contributed by atoms with E-state index in [-0.39, 0.29) is 6.54 Å². The van der Waals surface area contributed by atoms with Gasteiger partial charge in [0.1, 0.15) is 5.54 Å². The summed E-state index contributed by atoms with van der Waals surface area (Å²) in [4.78, 5) is 80.9. The van der Waals surface area contributed by atoms with Crippen LogP contribution >= 0.6 is 0 Å². The number of hydrazine groups is 1. The van der Waals surface area contributed by atoms with Crippen LogP contribution < -0.4 is 11.2 Å². The average molecular weight is 657 g/mol. The lowest BCUT2D eigenvalue weighted by molar-refractivity contribution is -0.180. The summed E-state index contributed by atoms with van der Waals surface area (Å²) >= 11 is 0. The monoisotopic (exact) mass is 656 g/mol. The van der Waals surface area contributed by atoms with Crippen molar-refractivity contribution < 1.29 is 33.9 Å². The Hall–Kier alpha value is -4.91. The van der Waals surface area contributed by atoms with Gasteiger partial charge in [-0.15, -0.1) is 0 Å². The number of amides is 6. The van der Waals surface area contributed by atoms with Crippen LogP contribution in [-0.2, 0) is 36.1 Å². The minimum Gasteiger partial charge on any atom is -0.481 e. The highest BCUT2D eigenvalue weighted by Crippen LogP contribution is 2.61. The van der Waals surface area contributed by atoms with E-state index in [0.717, 1.165) is 34.8 Å². The number of aliphatic carboxylic acids is 1. The molecule has 0 aromatic heterocycles. The van der Waals surface area contributed by atoms with E-state index in [0.29, 0.717) is 48.1 Å². The lowest BCUT2D eigenvalue weighted by atomic mass is 9.49. The Kier molecular flexibility index (Phi) is 8.67. The molecule has 1 aliphatic heterocycles. The van der Waals surface area contributed by atoms with Crippen molar-refractivity contribution >= 4 is 41.8 Å². The van der Waals surface area contributed by atoms with Crippen LogP contribution in [0, 0.1) is 23.2 Å². The van der Waals surface area contributed by atoms with E-state index in [1.165, 1.54) is 18.0 Å². The number of benzene rings is 2. The lowest BCUT2D eigenvalue weighted by Gasteiger charge is -2.56. The molecule has 5 aliphatic rings. The zero-order valence-electron chi connectivity index (χ0n) is 27.0. The summed E-state index contributed by atoms with van der Waals surface area (Å²) in [6, 6.07) is 13.7. The summed E-state index contributed by atoms with van der Waals surface area (Å²) in [6.07, 6.45) is 6.03. The van der Waals surface area contributed by atoms with Gasteiger partial charge < -0.3 is 10.8 Å². The number of carboxylic acid groups (broad SMARTS) is 1. The van der Waals surface area contributed by atoms with Crippen LogP contribution in [0.1, 0.15) is 75.5 Å². The van der Waals surface area contributed by atoms with E-state index < -0.39 is 59.0 Å². The number of carboxylic acids is 1. The molecule has 1 saturated heterocycles. The average Bonchev–Trinajstić information content (AvgIpc) is 3.21. The van der Waals surface area contributed by atoms with Gasteiger partial charge in [0, 0.05) is 13.5 Å². The fourth-order valence-corrected chi connectivity index (χ4v) is 8.56. The first-order chi connectivity index (χ1) is 22.8. The molecule has 4 bridgehead atoms. The zero-order valence-corrected chi connectivity index (χ0v) is 27.0. The van der Waals surface area contributed by atoms with E-state index in [4.69, 9.17) is 10.8 Å². The Labute approximate surface area is 278 Å². The van der Waals surface area contributed by atoms with Gasteiger partial charge in [-0.05, 0) is 79.9 Å². The second-order valence-corrected chi connectivity index (χ2v) is 13.9. The summed E-state index contributed by atoms with van der Waals surface area (Å²) < 4.78 is 0. The molecule has 2 aromatic carbocycles. The van der Waals surface area contributed by atoms with Gasteiger partial charge in [-0.2, -0.15) is 15.1 Å². The Balaban J connectivity index is 1.30. The summed E-state index contributed by atoms with van der Waals surface area (Å²) in [5.41, 5.74) is 7.14. The molecule has 13 nitrogen and oxygen atoms in total. The van der Waals surface area contributed by atoms with Crippen LogP contribution in [0.15, 0.2) is 59.7 Å². The van der Waals surface area contributed by atoms with Crippen LogP contribution in [0.2, 0.25) is 0 Å². The molecule has 13 heteroatoms. The summed E-state index contributed by atoms with van der Waals surface area (Å²) in [5.74, 6) is -2.59. The second-order valence-electron chi connectivity index (χ2n) is 13.9. The number of hydrazone groups is 1. The minimum atomic E-state index is -1.59. The quantitative estimate of drug-likeness (QED) is 0.198. The molecule has 0 spiro atoms. The summed E-state index contributed by atoms with van der Waals surface area (Å²) in [6.45, 7) is 2.87. The highest BCUT2D eigenvalue weighted by molar-refractivity contribution is 6.11. The van der Waals surface area contributed by atoms with Crippen molar-refractivity contribution in [3.05, 3.63) is 71.3 Å². The predicted molar refractivity (Wildman–Crippen MR) is 172 cm³/mol. The van der Waals surface area contributed by atoms with Crippen LogP contribution in [0.3, 0.4) is 0 Å². The molecular weight excluding hydrogens is 616 g/mol. The van der Waals surface area contributed by atoms with Gasteiger partial charge in [0.05, 0.1) is 24.1 Å². The predicted octanol–water partition coefficient (Wildman–Crippen LogP) is 3.12. The first-order valence-corrected chi connectivity index (χ1v) is 16.3. The van der Waals surface area contributed by atoms with Crippen molar-refractivity contribution in [1.82, 2.24) is 20.3 Å². The molecule has 4 saturated carbocycles. The maximum atomic E-state index is 14.6. The SMILES string of the molecule is CC(=O)N(C(=O)C12CC3CC(CC(C3)C1)C2)N1C(=O)N(Cc2ccccc2)[C@](C)(c2ccc(C=NNC(=O)[C@@H](N)CC(=O)O)cc2)C1=O. The molecule has 5 fully saturated rings. The first-order valence-electron chi connectivity index (χ1n) is 16.3. The van der Waals surface area contributed by atoms with Gasteiger partial charge in [-0.3, -0.25) is 28.9 Å². The second kappa shape index (κ2) is 12.6. The van der Waals surface area contributed by atoms with Crippen molar-refractivity contribution in [3.63, 3.8) is 0 Å². The molecule has 252 valence electrons. The number of hydrogen-bond acceptors (Lipinski definition) is 8. The number of imide groups is 2. The lowest BCUT2D eigenvalue weighted by Crippen LogP contribution is -2.61. The number of carbonyl (C=O) groups excluding carboxylic acids is 5. The minimum absolute atomic E-state index is 0.0432. The standard InChI is InChI=1S/C35H40N6O7/c1-21(42)40(32(47)35-16-24-12-25(17-35)14-26(13-24)18-35)41-31(46)34(2,39(33(41)48)20-23-6-4-3-5-7-23)27-10-8-22(9-11-27)19-37-38-30(45)28(36)15-29(43)44/h3-11,19,24-26,28H,12-18,20,36H2,1-2H3,(H,38,45)(H,43,44)/t24?,25?,26?,28-,34+,35?/m0/s1. The molecule has 2 atom stereocenters. The number of nitrogens with two attached hydrogens (primary N) is 1. The smallest absolute Gasteiger partial charge is 0.348 e. The molecule has 0 radical (unpaired) electrons. The molecule has 0 unspecified atom stereocenters. The molecule has 4 N–H and O–H groups in total. The van der Waals surface area contributed by atoms with Crippen molar-refractivity contribution in [2.24, 2.45) is 34.0 Å². The summed E-state index contributed by atoms with van der Waals surface area (Å²) in [7, 11) is 0. The first kappa shape index (κ1) is 33.0. The van der Waals surface area contributed by atoms with Gasteiger partial charge in [-0.25, -0.2) is 10.2 Å². The maximum absolute atomic E-state index is 14.6. The Morgan fingerprint density at radius 2 is 1.58 bits per heavy atom. The molecular formula is C35H40N6O7. The number of hydrogen-bond donors (Lipinski definition) is 3. The molecule has 6 amide bonds. The highest BCUT2D eigenvalue weighted by atomic mass is 16.4. The fraction of sp³-hybridized carbons (Fsp3) is 0.457. The third kappa shape index (κ3) is 5.87. The largest absolute Gasteiger partial charge is 0.481 e. The Bertz CT molecular complexity index is 1640. The van der Waals surface area contributed by atoms with Gasteiger partial charge in [0.15, 0.2) is 0 Å². The Morgan fingerprint density at radius 3 is 2.12 bits per heavy atom. The van der Waals surface area contributed by atoms with E-state index in [2.05, 4.69) is 10.5 Å². The van der Waals surface area contributed by atoms with Gasteiger partial charge >= 0.3 is 12.0 Å².